The summed E-state index contributed by atoms with van der Waals surface area (Å²) in [6, 6.07) is 9.02. The Labute approximate surface area is 212 Å². The van der Waals surface area contributed by atoms with E-state index < -0.39 is 29.7 Å². The number of rotatable bonds is 11. The normalized spacial score (nSPS) is 16.7. The largest absolute Gasteiger partial charge is 0.390 e. The van der Waals surface area contributed by atoms with Crippen LogP contribution in [0, 0.1) is 11.6 Å². The lowest BCUT2D eigenvalue weighted by Gasteiger charge is -2.30. The molecule has 36 heavy (non-hydrogen) atoms. The maximum atomic E-state index is 13.8. The predicted molar refractivity (Wildman–Crippen MR) is 135 cm³/mol. The monoisotopic (exact) mass is 501 g/mol. The number of amides is 2. The molecule has 3 atom stereocenters. The Morgan fingerprint density at radius 1 is 1.08 bits per heavy atom. The Kier molecular flexibility index (Phi) is 9.96. The second-order valence-corrected chi connectivity index (χ2v) is 9.75. The van der Waals surface area contributed by atoms with Crippen molar-refractivity contribution >= 4 is 11.8 Å². The Morgan fingerprint density at radius 3 is 2.47 bits per heavy atom. The molecule has 0 saturated heterocycles. The number of benzene rings is 2. The van der Waals surface area contributed by atoms with E-state index in [1.165, 1.54) is 33.7 Å². The van der Waals surface area contributed by atoms with E-state index in [4.69, 9.17) is 0 Å². The fraction of sp³-hybridized carbons (Fsp3) is 0.500. The van der Waals surface area contributed by atoms with Crippen molar-refractivity contribution in [2.24, 2.45) is 0 Å². The molecule has 2 amide bonds. The van der Waals surface area contributed by atoms with E-state index in [2.05, 4.69) is 35.8 Å². The lowest BCUT2D eigenvalue weighted by molar-refractivity contribution is -0.131. The smallest absolute Gasteiger partial charge is 0.222 e. The van der Waals surface area contributed by atoms with Crippen molar-refractivity contribution in [2.75, 3.05) is 20.6 Å². The maximum Gasteiger partial charge on any atom is 0.222 e. The standard InChI is InChI=1S/C28H37F2N3O3/c1-4-18-8-9-20-6-5-7-24(23(20)14-18)31-17-26(34)25(15-19-12-21(29)16-22(30)13-19)32-27(35)10-11-28(36)33(2)3/h8-9,12-14,16,24-26,31,34H,4-7,10-11,15,17H2,1-3H3,(H,32,35). The number of carbonyl (C=O) groups excluding carboxylic acids is 2. The van der Waals surface area contributed by atoms with Gasteiger partial charge < -0.3 is 20.6 Å². The van der Waals surface area contributed by atoms with Crippen LogP contribution in [0.2, 0.25) is 0 Å². The molecule has 3 rings (SSSR count). The minimum atomic E-state index is -1.01. The van der Waals surface area contributed by atoms with Crippen molar-refractivity contribution in [3.05, 3.63) is 70.3 Å². The van der Waals surface area contributed by atoms with Gasteiger partial charge in [-0.3, -0.25) is 9.59 Å². The number of carbonyl (C=O) groups is 2. The van der Waals surface area contributed by atoms with E-state index in [1.54, 1.807) is 14.1 Å². The average molecular weight is 502 g/mol. The van der Waals surface area contributed by atoms with Crippen LogP contribution in [0.5, 0.6) is 0 Å². The van der Waals surface area contributed by atoms with Gasteiger partial charge in [0.25, 0.3) is 0 Å². The van der Waals surface area contributed by atoms with Gasteiger partial charge >= 0.3 is 0 Å². The summed E-state index contributed by atoms with van der Waals surface area (Å²) in [5.74, 6) is -2.02. The summed E-state index contributed by atoms with van der Waals surface area (Å²) in [7, 11) is 3.23. The zero-order valence-electron chi connectivity index (χ0n) is 21.3. The van der Waals surface area contributed by atoms with Crippen molar-refractivity contribution < 1.29 is 23.5 Å². The van der Waals surface area contributed by atoms with E-state index in [9.17, 15) is 23.5 Å². The second kappa shape index (κ2) is 12.9. The van der Waals surface area contributed by atoms with Gasteiger partial charge in [-0.15, -0.1) is 0 Å². The van der Waals surface area contributed by atoms with Crippen LogP contribution in [-0.4, -0.2) is 54.6 Å². The molecule has 3 N–H and O–H groups in total. The van der Waals surface area contributed by atoms with Crippen LogP contribution in [0.1, 0.15) is 60.9 Å². The highest BCUT2D eigenvalue weighted by Crippen LogP contribution is 2.30. The third-order valence-electron chi connectivity index (χ3n) is 6.76. The van der Waals surface area contributed by atoms with Crippen LogP contribution < -0.4 is 10.6 Å². The maximum absolute atomic E-state index is 13.8. The number of aryl methyl sites for hydroxylation is 2. The molecular formula is C28H37F2N3O3. The number of nitrogens with one attached hydrogen (secondary N) is 2. The first kappa shape index (κ1) is 27.7. The predicted octanol–water partition coefficient (Wildman–Crippen LogP) is 3.45. The molecule has 0 bridgehead atoms. The highest BCUT2D eigenvalue weighted by Gasteiger charge is 2.26. The first-order valence-electron chi connectivity index (χ1n) is 12.6. The van der Waals surface area contributed by atoms with Gasteiger partial charge in [0.2, 0.25) is 11.8 Å². The average Bonchev–Trinajstić information content (AvgIpc) is 2.84. The zero-order valence-corrected chi connectivity index (χ0v) is 21.3. The number of fused-ring (bicyclic) bond motifs is 1. The summed E-state index contributed by atoms with van der Waals surface area (Å²) >= 11 is 0. The summed E-state index contributed by atoms with van der Waals surface area (Å²) < 4.78 is 27.6. The van der Waals surface area contributed by atoms with Crippen LogP contribution >= 0.6 is 0 Å². The van der Waals surface area contributed by atoms with Crippen LogP contribution in [0.15, 0.2) is 36.4 Å². The molecule has 0 aromatic heterocycles. The minimum Gasteiger partial charge on any atom is -0.390 e. The summed E-state index contributed by atoms with van der Waals surface area (Å²) in [6.45, 7) is 2.31. The molecule has 0 saturated carbocycles. The number of hydrogen-bond donors (Lipinski definition) is 3. The van der Waals surface area contributed by atoms with E-state index in [-0.39, 0.29) is 37.8 Å². The summed E-state index contributed by atoms with van der Waals surface area (Å²) in [5, 5.41) is 17.3. The molecule has 3 unspecified atom stereocenters. The molecular weight excluding hydrogens is 464 g/mol. The number of nitrogens with zero attached hydrogens (tertiary/aromatic N) is 1. The third-order valence-corrected chi connectivity index (χ3v) is 6.76. The third kappa shape index (κ3) is 7.83. The molecule has 0 aliphatic heterocycles. The summed E-state index contributed by atoms with van der Waals surface area (Å²) in [5.41, 5.74) is 4.13. The molecule has 0 heterocycles. The fourth-order valence-corrected chi connectivity index (χ4v) is 4.67. The molecule has 0 radical (unpaired) electrons. The quantitative estimate of drug-likeness (QED) is 0.441. The lowest BCUT2D eigenvalue weighted by Crippen LogP contribution is -2.49. The van der Waals surface area contributed by atoms with Gasteiger partial charge in [0.05, 0.1) is 12.1 Å². The van der Waals surface area contributed by atoms with Gasteiger partial charge in [0.1, 0.15) is 11.6 Å². The molecule has 196 valence electrons. The number of aliphatic hydroxyl groups excluding tert-OH is 1. The second-order valence-electron chi connectivity index (χ2n) is 9.75. The first-order chi connectivity index (χ1) is 17.2. The van der Waals surface area contributed by atoms with Crippen LogP contribution in [0.25, 0.3) is 0 Å². The van der Waals surface area contributed by atoms with Crippen molar-refractivity contribution in [1.82, 2.24) is 15.5 Å². The SMILES string of the molecule is CCc1ccc2c(c1)C(NCC(O)C(Cc1cc(F)cc(F)c1)NC(=O)CCC(=O)N(C)C)CCC2. The van der Waals surface area contributed by atoms with Gasteiger partial charge in [0.15, 0.2) is 0 Å². The van der Waals surface area contributed by atoms with Crippen LogP contribution in [-0.2, 0) is 28.9 Å². The zero-order chi connectivity index (χ0) is 26.2. The molecule has 0 spiro atoms. The molecule has 8 heteroatoms. The van der Waals surface area contributed by atoms with Gasteiger partial charge in [0, 0.05) is 45.6 Å². The Morgan fingerprint density at radius 2 is 1.81 bits per heavy atom. The molecule has 2 aromatic rings. The topological polar surface area (TPSA) is 81.7 Å². The number of halogens is 2. The fourth-order valence-electron chi connectivity index (χ4n) is 4.67. The number of hydrogen-bond acceptors (Lipinski definition) is 4. The van der Waals surface area contributed by atoms with Crippen molar-refractivity contribution in [2.45, 2.75) is 70.1 Å². The van der Waals surface area contributed by atoms with E-state index in [0.717, 1.165) is 31.7 Å². The van der Waals surface area contributed by atoms with Crippen LogP contribution in [0.3, 0.4) is 0 Å². The molecule has 6 nitrogen and oxygen atoms in total. The van der Waals surface area contributed by atoms with Crippen molar-refractivity contribution in [1.29, 1.82) is 0 Å². The van der Waals surface area contributed by atoms with Crippen LogP contribution in [0.4, 0.5) is 8.78 Å². The van der Waals surface area contributed by atoms with Crippen molar-refractivity contribution in [3.63, 3.8) is 0 Å². The van der Waals surface area contributed by atoms with E-state index in [1.807, 2.05) is 0 Å². The number of aliphatic hydroxyl groups is 1. The highest BCUT2D eigenvalue weighted by atomic mass is 19.1. The molecule has 2 aromatic carbocycles. The lowest BCUT2D eigenvalue weighted by atomic mass is 9.86. The van der Waals surface area contributed by atoms with E-state index in [0.29, 0.717) is 5.56 Å². The summed E-state index contributed by atoms with van der Waals surface area (Å²) in [6.07, 6.45) is 2.97. The Hall–Kier alpha value is -2.84. The van der Waals surface area contributed by atoms with Gasteiger partial charge in [-0.1, -0.05) is 25.1 Å². The highest BCUT2D eigenvalue weighted by molar-refractivity contribution is 5.83. The Bertz CT molecular complexity index is 1040. The van der Waals surface area contributed by atoms with Crippen molar-refractivity contribution in [3.8, 4) is 0 Å². The minimum absolute atomic E-state index is 0.0348. The van der Waals surface area contributed by atoms with E-state index >= 15 is 0 Å². The van der Waals surface area contributed by atoms with Gasteiger partial charge in [-0.25, -0.2) is 8.78 Å². The van der Waals surface area contributed by atoms with Gasteiger partial charge in [-0.2, -0.15) is 0 Å². The Balaban J connectivity index is 1.70. The molecule has 0 fully saturated rings. The molecule has 1 aliphatic carbocycles. The summed E-state index contributed by atoms with van der Waals surface area (Å²) in [4.78, 5) is 25.9. The van der Waals surface area contributed by atoms with Gasteiger partial charge in [-0.05, 0) is 66.5 Å². The molecule has 1 aliphatic rings. The first-order valence-corrected chi connectivity index (χ1v) is 12.6.